The lowest BCUT2D eigenvalue weighted by molar-refractivity contribution is 1.32. The van der Waals surface area contributed by atoms with Crippen LogP contribution in [0.25, 0.3) is 0 Å². The number of hydrogen-bond acceptors (Lipinski definition) is 3. The Hall–Kier alpha value is -1.09. The SMILES string of the molecule is C=C(N)Nc1ccc(CSC)cc1. The van der Waals surface area contributed by atoms with Gasteiger partial charge in [0, 0.05) is 11.4 Å². The van der Waals surface area contributed by atoms with Crippen molar-refractivity contribution >= 4 is 17.4 Å². The van der Waals surface area contributed by atoms with Crippen molar-refractivity contribution < 1.29 is 0 Å². The van der Waals surface area contributed by atoms with Gasteiger partial charge in [-0.2, -0.15) is 11.8 Å². The van der Waals surface area contributed by atoms with Gasteiger partial charge in [-0.05, 0) is 24.0 Å². The van der Waals surface area contributed by atoms with E-state index >= 15 is 0 Å². The topological polar surface area (TPSA) is 38.0 Å². The van der Waals surface area contributed by atoms with Crippen LogP contribution in [0.1, 0.15) is 5.56 Å². The number of hydrogen-bond donors (Lipinski definition) is 2. The maximum absolute atomic E-state index is 5.41. The van der Waals surface area contributed by atoms with Crippen molar-refractivity contribution in [1.82, 2.24) is 0 Å². The minimum absolute atomic E-state index is 0.470. The predicted octanol–water partition coefficient (Wildman–Crippen LogP) is 2.39. The molecule has 0 aliphatic rings. The van der Waals surface area contributed by atoms with Gasteiger partial charge in [-0.15, -0.1) is 0 Å². The van der Waals surface area contributed by atoms with Crippen LogP contribution < -0.4 is 11.1 Å². The van der Waals surface area contributed by atoms with Crippen molar-refractivity contribution in [2.45, 2.75) is 5.75 Å². The number of nitrogens with one attached hydrogen (secondary N) is 1. The molecule has 0 fully saturated rings. The summed E-state index contributed by atoms with van der Waals surface area (Å²) in [7, 11) is 0. The normalized spacial score (nSPS) is 9.62. The zero-order valence-corrected chi connectivity index (χ0v) is 8.53. The van der Waals surface area contributed by atoms with Crippen LogP contribution >= 0.6 is 11.8 Å². The van der Waals surface area contributed by atoms with E-state index in [1.54, 1.807) is 0 Å². The Morgan fingerprint density at radius 2 is 2.08 bits per heavy atom. The fourth-order valence-electron chi connectivity index (χ4n) is 1.04. The van der Waals surface area contributed by atoms with Crippen molar-refractivity contribution in [3.05, 3.63) is 42.2 Å². The van der Waals surface area contributed by atoms with E-state index in [2.05, 4.69) is 30.3 Å². The smallest absolute Gasteiger partial charge is 0.0930 e. The molecule has 0 saturated heterocycles. The van der Waals surface area contributed by atoms with Crippen molar-refractivity contribution in [3.8, 4) is 0 Å². The number of nitrogens with two attached hydrogens (primary N) is 1. The van der Waals surface area contributed by atoms with Gasteiger partial charge in [-0.3, -0.25) is 0 Å². The Bertz CT molecular complexity index is 279. The number of anilines is 1. The monoisotopic (exact) mass is 194 g/mol. The number of rotatable bonds is 4. The second-order valence-corrected chi connectivity index (χ2v) is 3.65. The molecular weight excluding hydrogens is 180 g/mol. The average molecular weight is 194 g/mol. The van der Waals surface area contributed by atoms with Crippen LogP contribution in [-0.4, -0.2) is 6.26 Å². The molecule has 70 valence electrons. The molecule has 0 unspecified atom stereocenters. The van der Waals surface area contributed by atoms with Crippen molar-refractivity contribution in [2.75, 3.05) is 11.6 Å². The second-order valence-electron chi connectivity index (χ2n) is 2.78. The highest BCUT2D eigenvalue weighted by molar-refractivity contribution is 7.97. The van der Waals surface area contributed by atoms with Gasteiger partial charge >= 0.3 is 0 Å². The Labute approximate surface area is 83.2 Å². The summed E-state index contributed by atoms with van der Waals surface area (Å²) in [4.78, 5) is 0. The summed E-state index contributed by atoms with van der Waals surface area (Å²) in [6.07, 6.45) is 2.09. The van der Waals surface area contributed by atoms with E-state index in [4.69, 9.17) is 5.73 Å². The van der Waals surface area contributed by atoms with Crippen LogP contribution in [0.15, 0.2) is 36.7 Å². The largest absolute Gasteiger partial charge is 0.386 e. The molecule has 0 saturated carbocycles. The van der Waals surface area contributed by atoms with Crippen molar-refractivity contribution in [1.29, 1.82) is 0 Å². The molecule has 0 radical (unpaired) electrons. The zero-order valence-electron chi connectivity index (χ0n) is 7.71. The molecule has 3 N–H and O–H groups in total. The average Bonchev–Trinajstić information content (AvgIpc) is 2.08. The minimum atomic E-state index is 0.470. The first-order chi connectivity index (χ1) is 6.22. The molecule has 0 amide bonds. The number of thioether (sulfide) groups is 1. The van der Waals surface area contributed by atoms with Crippen LogP contribution in [-0.2, 0) is 5.75 Å². The van der Waals surface area contributed by atoms with Gasteiger partial charge in [0.15, 0.2) is 0 Å². The van der Waals surface area contributed by atoms with E-state index in [1.807, 2.05) is 23.9 Å². The fourth-order valence-corrected chi connectivity index (χ4v) is 1.56. The third kappa shape index (κ3) is 3.42. The van der Waals surface area contributed by atoms with E-state index in [0.29, 0.717) is 5.82 Å². The molecule has 1 aromatic carbocycles. The molecule has 1 rings (SSSR count). The van der Waals surface area contributed by atoms with Gasteiger partial charge in [-0.1, -0.05) is 18.7 Å². The summed E-state index contributed by atoms with van der Waals surface area (Å²) in [6, 6.07) is 8.18. The van der Waals surface area contributed by atoms with E-state index < -0.39 is 0 Å². The van der Waals surface area contributed by atoms with Gasteiger partial charge in [0.1, 0.15) is 0 Å². The Morgan fingerprint density at radius 1 is 1.46 bits per heavy atom. The maximum atomic E-state index is 5.41. The summed E-state index contributed by atoms with van der Waals surface area (Å²) in [5, 5.41) is 2.95. The zero-order chi connectivity index (χ0) is 9.68. The molecule has 0 spiro atoms. The third-order valence-corrected chi connectivity index (χ3v) is 2.19. The van der Waals surface area contributed by atoms with Gasteiger partial charge in [0.25, 0.3) is 0 Å². The fraction of sp³-hybridized carbons (Fsp3) is 0.200. The van der Waals surface area contributed by atoms with Crippen LogP contribution in [0.5, 0.6) is 0 Å². The first kappa shape index (κ1) is 9.99. The molecule has 13 heavy (non-hydrogen) atoms. The highest BCUT2D eigenvalue weighted by Crippen LogP contribution is 2.13. The first-order valence-electron chi connectivity index (χ1n) is 4.01. The van der Waals surface area contributed by atoms with Crippen molar-refractivity contribution in [3.63, 3.8) is 0 Å². The Balaban J connectivity index is 2.64. The van der Waals surface area contributed by atoms with Crippen molar-refractivity contribution in [2.24, 2.45) is 5.73 Å². The lowest BCUT2D eigenvalue weighted by atomic mass is 10.2. The maximum Gasteiger partial charge on any atom is 0.0930 e. The molecule has 3 heteroatoms. The summed E-state index contributed by atoms with van der Waals surface area (Å²) < 4.78 is 0. The molecular formula is C10H14N2S. The molecule has 0 aliphatic carbocycles. The Morgan fingerprint density at radius 3 is 2.54 bits per heavy atom. The lowest BCUT2D eigenvalue weighted by Gasteiger charge is -2.05. The molecule has 0 bridgehead atoms. The van der Waals surface area contributed by atoms with Crippen LogP contribution in [0.3, 0.4) is 0 Å². The third-order valence-electron chi connectivity index (χ3n) is 1.57. The summed E-state index contributed by atoms with van der Waals surface area (Å²) in [5.74, 6) is 1.52. The van der Waals surface area contributed by atoms with Gasteiger partial charge in [0.05, 0.1) is 5.82 Å². The summed E-state index contributed by atoms with van der Waals surface area (Å²) in [6.45, 7) is 3.57. The Kier molecular flexibility index (Phi) is 3.71. The van der Waals surface area contributed by atoms with E-state index in [0.717, 1.165) is 11.4 Å². The van der Waals surface area contributed by atoms with E-state index in [-0.39, 0.29) is 0 Å². The summed E-state index contributed by atoms with van der Waals surface area (Å²) in [5.41, 5.74) is 7.72. The van der Waals surface area contributed by atoms with Crippen LogP contribution in [0, 0.1) is 0 Å². The molecule has 1 aromatic rings. The predicted molar refractivity (Wildman–Crippen MR) is 60.6 cm³/mol. The standard InChI is InChI=1S/C10H14N2S/c1-8(11)12-10-5-3-9(4-6-10)7-13-2/h3-6,12H,1,7,11H2,2H3. The van der Waals surface area contributed by atoms with Crippen LogP contribution in [0.4, 0.5) is 5.69 Å². The summed E-state index contributed by atoms with van der Waals surface area (Å²) >= 11 is 1.81. The van der Waals surface area contributed by atoms with Gasteiger partial charge in [0.2, 0.25) is 0 Å². The van der Waals surface area contributed by atoms with Crippen LogP contribution in [0.2, 0.25) is 0 Å². The highest BCUT2D eigenvalue weighted by atomic mass is 32.2. The lowest BCUT2D eigenvalue weighted by Crippen LogP contribution is -2.06. The van der Waals surface area contributed by atoms with Gasteiger partial charge in [-0.25, -0.2) is 0 Å². The highest BCUT2D eigenvalue weighted by Gasteiger charge is 1.93. The van der Waals surface area contributed by atoms with Gasteiger partial charge < -0.3 is 11.1 Å². The first-order valence-corrected chi connectivity index (χ1v) is 5.41. The molecule has 0 aromatic heterocycles. The molecule has 0 aliphatic heterocycles. The second kappa shape index (κ2) is 4.82. The van der Waals surface area contributed by atoms with E-state index in [1.165, 1.54) is 5.56 Å². The molecule has 0 atom stereocenters. The van der Waals surface area contributed by atoms with E-state index in [9.17, 15) is 0 Å². The molecule has 0 heterocycles. The quantitative estimate of drug-likeness (QED) is 0.773. The minimum Gasteiger partial charge on any atom is -0.386 e. The molecule has 2 nitrogen and oxygen atoms in total. The number of benzene rings is 1.